The SMILES string of the molecule is Cc1ccc(-c2csc3ncn(CCC(=O)Nc4nc(C)c(C)s4)c(=O)c23)cc1. The Hall–Kier alpha value is -2.84. The number of amides is 1. The molecular weight excluding hydrogens is 404 g/mol. The summed E-state index contributed by atoms with van der Waals surface area (Å²) in [5, 5.41) is 5.96. The van der Waals surface area contributed by atoms with Crippen molar-refractivity contribution in [2.45, 2.75) is 33.7 Å². The van der Waals surface area contributed by atoms with Crippen LogP contribution in [0, 0.1) is 20.8 Å². The van der Waals surface area contributed by atoms with Crippen LogP contribution < -0.4 is 10.9 Å². The van der Waals surface area contributed by atoms with E-state index in [4.69, 9.17) is 0 Å². The first-order valence-electron chi connectivity index (χ1n) is 9.20. The van der Waals surface area contributed by atoms with E-state index in [1.807, 2.05) is 50.4 Å². The van der Waals surface area contributed by atoms with Crippen molar-refractivity contribution in [3.8, 4) is 11.1 Å². The van der Waals surface area contributed by atoms with E-state index in [9.17, 15) is 9.59 Å². The maximum Gasteiger partial charge on any atom is 0.262 e. The van der Waals surface area contributed by atoms with Crippen LogP contribution in [0.3, 0.4) is 0 Å². The van der Waals surface area contributed by atoms with Gasteiger partial charge in [-0.1, -0.05) is 29.8 Å². The minimum atomic E-state index is -0.171. The number of nitrogens with zero attached hydrogens (tertiary/aromatic N) is 3. The van der Waals surface area contributed by atoms with E-state index in [0.29, 0.717) is 15.3 Å². The Labute approximate surface area is 175 Å². The highest BCUT2D eigenvalue weighted by molar-refractivity contribution is 7.17. The van der Waals surface area contributed by atoms with Crippen molar-refractivity contribution in [1.29, 1.82) is 0 Å². The number of aryl methyl sites for hydroxylation is 4. The fraction of sp³-hybridized carbons (Fsp3) is 0.238. The number of carbonyl (C=O) groups is 1. The lowest BCUT2D eigenvalue weighted by Crippen LogP contribution is -2.23. The number of anilines is 1. The second-order valence-corrected chi connectivity index (χ2v) is 8.96. The maximum absolute atomic E-state index is 13.1. The van der Waals surface area contributed by atoms with Gasteiger partial charge in [0.1, 0.15) is 4.83 Å². The van der Waals surface area contributed by atoms with Crippen LogP contribution in [0.5, 0.6) is 0 Å². The van der Waals surface area contributed by atoms with Gasteiger partial charge in [0.15, 0.2) is 5.13 Å². The van der Waals surface area contributed by atoms with E-state index >= 15 is 0 Å². The average molecular weight is 425 g/mol. The molecule has 29 heavy (non-hydrogen) atoms. The number of benzene rings is 1. The van der Waals surface area contributed by atoms with Crippen LogP contribution in [0.4, 0.5) is 5.13 Å². The van der Waals surface area contributed by atoms with Gasteiger partial charge >= 0.3 is 0 Å². The quantitative estimate of drug-likeness (QED) is 0.510. The molecule has 148 valence electrons. The van der Waals surface area contributed by atoms with Gasteiger partial charge in [-0.25, -0.2) is 9.97 Å². The summed E-state index contributed by atoms with van der Waals surface area (Å²) in [5.74, 6) is -0.171. The smallest absolute Gasteiger partial charge is 0.262 e. The molecule has 1 N–H and O–H groups in total. The first-order chi connectivity index (χ1) is 13.9. The van der Waals surface area contributed by atoms with Crippen molar-refractivity contribution >= 4 is 43.9 Å². The van der Waals surface area contributed by atoms with Gasteiger partial charge in [-0.15, -0.1) is 22.7 Å². The third kappa shape index (κ3) is 3.99. The highest BCUT2D eigenvalue weighted by Crippen LogP contribution is 2.30. The molecule has 4 aromatic rings. The predicted octanol–water partition coefficient (Wildman–Crippen LogP) is 4.54. The number of nitrogens with one attached hydrogen (secondary N) is 1. The molecule has 0 aliphatic rings. The molecule has 1 aromatic carbocycles. The normalized spacial score (nSPS) is 11.1. The van der Waals surface area contributed by atoms with Gasteiger partial charge in [0.25, 0.3) is 5.56 Å². The number of aromatic nitrogens is 3. The Morgan fingerprint density at radius 2 is 1.93 bits per heavy atom. The van der Waals surface area contributed by atoms with Crippen LogP contribution >= 0.6 is 22.7 Å². The van der Waals surface area contributed by atoms with Crippen LogP contribution in [0.25, 0.3) is 21.3 Å². The zero-order valence-corrected chi connectivity index (χ0v) is 18.0. The molecule has 0 bridgehead atoms. The lowest BCUT2D eigenvalue weighted by molar-refractivity contribution is -0.116. The molecule has 6 nitrogen and oxygen atoms in total. The summed E-state index contributed by atoms with van der Waals surface area (Å²) in [6, 6.07) is 8.08. The largest absolute Gasteiger partial charge is 0.302 e. The van der Waals surface area contributed by atoms with Gasteiger partial charge in [0.05, 0.1) is 17.4 Å². The van der Waals surface area contributed by atoms with Crippen LogP contribution in [-0.2, 0) is 11.3 Å². The Morgan fingerprint density at radius 3 is 2.62 bits per heavy atom. The molecule has 3 aromatic heterocycles. The predicted molar refractivity (Wildman–Crippen MR) is 119 cm³/mol. The van der Waals surface area contributed by atoms with Crippen molar-refractivity contribution in [2.24, 2.45) is 0 Å². The molecule has 3 heterocycles. The molecule has 0 fully saturated rings. The fourth-order valence-electron chi connectivity index (χ4n) is 3.00. The average Bonchev–Trinajstić information content (AvgIpc) is 3.25. The number of thiophene rings is 1. The minimum absolute atomic E-state index is 0.124. The molecule has 1 amide bonds. The summed E-state index contributed by atoms with van der Waals surface area (Å²) in [4.78, 5) is 35.9. The van der Waals surface area contributed by atoms with Gasteiger partial charge in [0.2, 0.25) is 5.91 Å². The molecule has 0 atom stereocenters. The van der Waals surface area contributed by atoms with Gasteiger partial charge < -0.3 is 5.32 Å². The number of hydrogen-bond donors (Lipinski definition) is 1. The van der Waals surface area contributed by atoms with Crippen molar-refractivity contribution < 1.29 is 4.79 Å². The molecule has 0 aliphatic heterocycles. The summed E-state index contributed by atoms with van der Waals surface area (Å²) in [5.41, 5.74) is 3.83. The maximum atomic E-state index is 13.1. The zero-order valence-electron chi connectivity index (χ0n) is 16.4. The molecular formula is C21H20N4O2S2. The Morgan fingerprint density at radius 1 is 1.17 bits per heavy atom. The van der Waals surface area contributed by atoms with Crippen LogP contribution in [0.2, 0.25) is 0 Å². The highest BCUT2D eigenvalue weighted by atomic mass is 32.1. The molecule has 0 unspecified atom stereocenters. The first-order valence-corrected chi connectivity index (χ1v) is 10.9. The Bertz CT molecular complexity index is 1230. The summed E-state index contributed by atoms with van der Waals surface area (Å²) in [6.45, 7) is 6.17. The lowest BCUT2D eigenvalue weighted by atomic mass is 10.1. The molecule has 0 aliphatic carbocycles. The molecule has 0 saturated carbocycles. The van der Waals surface area contributed by atoms with Crippen LogP contribution in [0.1, 0.15) is 22.6 Å². The third-order valence-electron chi connectivity index (χ3n) is 4.78. The van der Waals surface area contributed by atoms with E-state index < -0.39 is 0 Å². The summed E-state index contributed by atoms with van der Waals surface area (Å²) >= 11 is 2.90. The van der Waals surface area contributed by atoms with Gasteiger partial charge in [0, 0.05) is 28.8 Å². The number of hydrogen-bond acceptors (Lipinski definition) is 6. The molecule has 8 heteroatoms. The number of carbonyl (C=O) groups excluding carboxylic acids is 1. The topological polar surface area (TPSA) is 76.9 Å². The number of rotatable bonds is 5. The lowest BCUT2D eigenvalue weighted by Gasteiger charge is -2.06. The third-order valence-corrected chi connectivity index (χ3v) is 6.65. The second-order valence-electron chi connectivity index (χ2n) is 6.90. The zero-order chi connectivity index (χ0) is 20.5. The van der Waals surface area contributed by atoms with E-state index in [-0.39, 0.29) is 24.4 Å². The van der Waals surface area contributed by atoms with Gasteiger partial charge in [-0.3, -0.25) is 14.2 Å². The standard InChI is InChI=1S/C21H20N4O2S2/c1-12-4-6-15(7-5-12)16-10-28-19-18(16)20(27)25(11-22-19)9-8-17(26)24-21-23-13(2)14(3)29-21/h4-7,10-11H,8-9H2,1-3H3,(H,23,24,26). The van der Waals surface area contributed by atoms with Crippen molar-refractivity contribution in [3.05, 3.63) is 62.5 Å². The van der Waals surface area contributed by atoms with Crippen molar-refractivity contribution in [2.75, 3.05) is 5.32 Å². The van der Waals surface area contributed by atoms with E-state index in [1.165, 1.54) is 39.1 Å². The summed E-state index contributed by atoms with van der Waals surface area (Å²) in [6.07, 6.45) is 1.69. The van der Waals surface area contributed by atoms with Crippen molar-refractivity contribution in [1.82, 2.24) is 14.5 Å². The summed E-state index contributed by atoms with van der Waals surface area (Å²) in [7, 11) is 0. The second kappa shape index (κ2) is 7.88. The van der Waals surface area contributed by atoms with Crippen LogP contribution in [-0.4, -0.2) is 20.4 Å². The first kappa shape index (κ1) is 19.5. The Kier molecular flexibility index (Phi) is 5.29. The number of thiazole rings is 1. The van der Waals surface area contributed by atoms with Crippen molar-refractivity contribution in [3.63, 3.8) is 0 Å². The van der Waals surface area contributed by atoms with E-state index in [0.717, 1.165) is 21.7 Å². The Balaban J connectivity index is 1.56. The van der Waals surface area contributed by atoms with Gasteiger partial charge in [-0.05, 0) is 26.3 Å². The molecule has 4 rings (SSSR count). The fourth-order valence-corrected chi connectivity index (χ4v) is 4.74. The molecule has 0 radical (unpaired) electrons. The summed E-state index contributed by atoms with van der Waals surface area (Å²) < 4.78 is 1.50. The molecule has 0 spiro atoms. The molecule has 0 saturated heterocycles. The van der Waals surface area contributed by atoms with E-state index in [1.54, 1.807) is 0 Å². The minimum Gasteiger partial charge on any atom is -0.302 e. The van der Waals surface area contributed by atoms with E-state index in [2.05, 4.69) is 15.3 Å². The van der Waals surface area contributed by atoms with Gasteiger partial charge in [-0.2, -0.15) is 0 Å². The number of fused-ring (bicyclic) bond motifs is 1. The van der Waals surface area contributed by atoms with Crippen LogP contribution in [0.15, 0.2) is 40.8 Å². The monoisotopic (exact) mass is 424 g/mol. The highest BCUT2D eigenvalue weighted by Gasteiger charge is 2.14.